The van der Waals surface area contributed by atoms with Crippen molar-refractivity contribution >= 4 is 17.9 Å². The number of aliphatic carboxylic acids is 3. The van der Waals surface area contributed by atoms with Crippen molar-refractivity contribution in [1.82, 2.24) is 9.88 Å². The number of carbonyl (C=O) groups is 3. The molecule has 44 heavy (non-hydrogen) atoms. The van der Waals surface area contributed by atoms with Crippen LogP contribution in [0.25, 0.3) is 0 Å². The van der Waals surface area contributed by atoms with Gasteiger partial charge in [0.2, 0.25) is 0 Å². The van der Waals surface area contributed by atoms with Crippen molar-refractivity contribution < 1.29 is 49.0 Å². The van der Waals surface area contributed by atoms with Crippen LogP contribution in [0.2, 0.25) is 0 Å². The van der Waals surface area contributed by atoms with Gasteiger partial charge >= 0.3 is 17.9 Å². The number of aliphatic hydroxyl groups is 2. The standard InChI is InChI=1S/C26H27FN2O2.C6H8O7/c27-22-8-5-6-19(14-22)18-31-24-9-2-1-7-21(24)16-29-15-20-11-12-26(30,23(20)17-29)25-10-3-4-13-28-25;7-3(8)1-6(13,5(11)12)2-4(9)10/h1-10,13-14,20,23,30H,11-12,15-18H2;13H,1-2H2,(H,7,8)(H,9,10)(H,11,12)/t20-,23+,26-;/m0./s1. The molecule has 1 saturated heterocycles. The summed E-state index contributed by atoms with van der Waals surface area (Å²) in [5, 5.41) is 45.3. The highest BCUT2D eigenvalue weighted by atomic mass is 19.1. The first kappa shape index (κ1) is 32.5. The second kappa shape index (κ2) is 13.9. The second-order valence-electron chi connectivity index (χ2n) is 11.2. The maximum absolute atomic E-state index is 13.5. The average Bonchev–Trinajstić information content (AvgIpc) is 3.52. The van der Waals surface area contributed by atoms with Gasteiger partial charge in [0, 0.05) is 37.3 Å². The van der Waals surface area contributed by atoms with Crippen LogP contribution in [-0.2, 0) is 33.1 Å². The van der Waals surface area contributed by atoms with E-state index in [-0.39, 0.29) is 11.7 Å². The zero-order chi connectivity index (χ0) is 31.9. The van der Waals surface area contributed by atoms with Crippen LogP contribution < -0.4 is 4.74 Å². The molecular formula is C32H35FN2O9. The smallest absolute Gasteiger partial charge is 0.336 e. The number of para-hydroxylation sites is 1. The summed E-state index contributed by atoms with van der Waals surface area (Å²) in [6.07, 6.45) is 1.27. The summed E-state index contributed by atoms with van der Waals surface area (Å²) in [5.74, 6) is -3.77. The third-order valence-electron chi connectivity index (χ3n) is 8.07. The van der Waals surface area contributed by atoms with Gasteiger partial charge in [-0.2, -0.15) is 0 Å². The first-order valence-corrected chi connectivity index (χ1v) is 14.1. The van der Waals surface area contributed by atoms with Gasteiger partial charge < -0.3 is 30.3 Å². The molecule has 11 nitrogen and oxygen atoms in total. The fraction of sp³-hybridized carbons (Fsp3) is 0.375. The lowest BCUT2D eigenvalue weighted by Gasteiger charge is -2.29. The Kier molecular flexibility index (Phi) is 10.3. The van der Waals surface area contributed by atoms with Crippen molar-refractivity contribution in [2.75, 3.05) is 13.1 Å². The van der Waals surface area contributed by atoms with Gasteiger partial charge in [-0.3, -0.25) is 19.5 Å². The maximum atomic E-state index is 13.5. The van der Waals surface area contributed by atoms with Crippen LogP contribution in [0, 0.1) is 17.7 Å². The summed E-state index contributed by atoms with van der Waals surface area (Å²) < 4.78 is 19.5. The van der Waals surface area contributed by atoms with Crippen LogP contribution >= 0.6 is 0 Å². The molecular weight excluding hydrogens is 575 g/mol. The minimum atomic E-state index is -2.74. The molecule has 1 aliphatic heterocycles. The molecule has 2 fully saturated rings. The van der Waals surface area contributed by atoms with Crippen LogP contribution in [0.3, 0.4) is 0 Å². The van der Waals surface area contributed by atoms with Crippen LogP contribution in [0.1, 0.15) is 42.5 Å². The van der Waals surface area contributed by atoms with Gasteiger partial charge in [-0.15, -0.1) is 0 Å². The highest BCUT2D eigenvalue weighted by Crippen LogP contribution is 2.50. The predicted octanol–water partition coefficient (Wildman–Crippen LogP) is 3.28. The quantitative estimate of drug-likeness (QED) is 0.215. The van der Waals surface area contributed by atoms with Gasteiger partial charge in [0.05, 0.1) is 18.5 Å². The van der Waals surface area contributed by atoms with Gasteiger partial charge in [0.15, 0.2) is 5.60 Å². The summed E-state index contributed by atoms with van der Waals surface area (Å²) in [6.45, 7) is 2.91. The number of aromatic nitrogens is 1. The minimum absolute atomic E-state index is 0.197. The number of hydrogen-bond donors (Lipinski definition) is 5. The Morgan fingerprint density at radius 1 is 0.977 bits per heavy atom. The molecule has 0 bridgehead atoms. The molecule has 234 valence electrons. The summed E-state index contributed by atoms with van der Waals surface area (Å²) in [5.41, 5.74) is -0.861. The number of carboxylic acid groups (broad SMARTS) is 3. The number of ether oxygens (including phenoxy) is 1. The zero-order valence-corrected chi connectivity index (χ0v) is 23.9. The number of carboxylic acids is 3. The molecule has 0 radical (unpaired) electrons. The molecule has 1 aromatic heterocycles. The fourth-order valence-corrected chi connectivity index (χ4v) is 5.97. The van der Waals surface area contributed by atoms with E-state index in [1.807, 2.05) is 42.5 Å². The lowest BCUT2D eigenvalue weighted by Crippen LogP contribution is -2.42. The molecule has 5 rings (SSSR count). The van der Waals surface area contributed by atoms with Gasteiger partial charge in [0.25, 0.3) is 0 Å². The van der Waals surface area contributed by atoms with Crippen LogP contribution in [0.15, 0.2) is 72.9 Å². The highest BCUT2D eigenvalue weighted by molar-refractivity contribution is 5.88. The zero-order valence-electron chi connectivity index (χ0n) is 23.9. The molecule has 3 aromatic rings. The van der Waals surface area contributed by atoms with Gasteiger partial charge in [-0.05, 0) is 54.7 Å². The summed E-state index contributed by atoms with van der Waals surface area (Å²) in [4.78, 5) is 37.4. The van der Waals surface area contributed by atoms with E-state index in [4.69, 9.17) is 25.2 Å². The lowest BCUT2D eigenvalue weighted by molar-refractivity contribution is -0.170. The van der Waals surface area contributed by atoms with Crippen molar-refractivity contribution in [3.05, 3.63) is 95.6 Å². The molecule has 1 aliphatic carbocycles. The maximum Gasteiger partial charge on any atom is 0.336 e. The third kappa shape index (κ3) is 7.95. The van der Waals surface area contributed by atoms with Gasteiger partial charge in [-0.25, -0.2) is 9.18 Å². The minimum Gasteiger partial charge on any atom is -0.489 e. The number of halogens is 1. The first-order chi connectivity index (χ1) is 20.9. The SMILES string of the molecule is O=C(O)CC(O)(CC(=O)O)C(=O)O.O[C@@]1(c2ccccn2)CC[C@H]2CN(Cc3ccccc3OCc3cccc(F)c3)C[C@H]21. The number of nitrogens with zero attached hydrogens (tertiary/aromatic N) is 2. The number of pyridine rings is 1. The van der Waals surface area contributed by atoms with E-state index in [0.717, 1.165) is 55.0 Å². The van der Waals surface area contributed by atoms with E-state index in [0.29, 0.717) is 12.5 Å². The van der Waals surface area contributed by atoms with Gasteiger partial charge in [-0.1, -0.05) is 36.4 Å². The number of fused-ring (bicyclic) bond motifs is 1. The van der Waals surface area contributed by atoms with Crippen molar-refractivity contribution in [2.45, 2.75) is 50.0 Å². The van der Waals surface area contributed by atoms with Crippen molar-refractivity contribution in [3.8, 4) is 5.75 Å². The van der Waals surface area contributed by atoms with Crippen molar-refractivity contribution in [3.63, 3.8) is 0 Å². The Balaban J connectivity index is 0.000000289. The molecule has 2 aliphatic rings. The van der Waals surface area contributed by atoms with E-state index >= 15 is 0 Å². The molecule has 0 amide bonds. The molecule has 3 atom stereocenters. The van der Waals surface area contributed by atoms with E-state index in [2.05, 4.69) is 16.0 Å². The van der Waals surface area contributed by atoms with Crippen molar-refractivity contribution in [1.29, 1.82) is 0 Å². The first-order valence-electron chi connectivity index (χ1n) is 14.1. The summed E-state index contributed by atoms with van der Waals surface area (Å²) in [6, 6.07) is 20.3. The molecule has 0 unspecified atom stereocenters. The number of likely N-dealkylation sites (tertiary alicyclic amines) is 1. The Bertz CT molecular complexity index is 1450. The van der Waals surface area contributed by atoms with E-state index in [9.17, 15) is 23.9 Å². The molecule has 1 saturated carbocycles. The van der Waals surface area contributed by atoms with Crippen LogP contribution in [0.4, 0.5) is 4.39 Å². The largest absolute Gasteiger partial charge is 0.489 e. The highest BCUT2D eigenvalue weighted by Gasteiger charge is 2.53. The Morgan fingerprint density at radius 3 is 2.32 bits per heavy atom. The van der Waals surface area contributed by atoms with Crippen LogP contribution in [0.5, 0.6) is 5.75 Å². The Morgan fingerprint density at radius 2 is 1.68 bits per heavy atom. The molecule has 12 heteroatoms. The number of benzene rings is 2. The van der Waals surface area contributed by atoms with E-state index in [1.165, 1.54) is 12.1 Å². The summed E-state index contributed by atoms with van der Waals surface area (Å²) >= 11 is 0. The molecule has 2 heterocycles. The predicted molar refractivity (Wildman–Crippen MR) is 154 cm³/mol. The summed E-state index contributed by atoms with van der Waals surface area (Å²) in [7, 11) is 0. The van der Waals surface area contributed by atoms with Crippen molar-refractivity contribution in [2.24, 2.45) is 11.8 Å². The van der Waals surface area contributed by atoms with Crippen LogP contribution in [-0.4, -0.2) is 72.0 Å². The lowest BCUT2D eigenvalue weighted by atomic mass is 9.85. The van der Waals surface area contributed by atoms with E-state index in [1.54, 1.807) is 12.3 Å². The molecule has 0 spiro atoms. The number of rotatable bonds is 11. The third-order valence-corrected chi connectivity index (χ3v) is 8.07. The Hall–Kier alpha value is -4.39. The van der Waals surface area contributed by atoms with E-state index < -0.39 is 42.0 Å². The number of hydrogen-bond acceptors (Lipinski definition) is 8. The van der Waals surface area contributed by atoms with Gasteiger partial charge in [0.1, 0.15) is 23.8 Å². The Labute approximate surface area is 253 Å². The normalized spacial score (nSPS) is 21.2. The molecule has 5 N–H and O–H groups in total. The average molecular weight is 611 g/mol. The monoisotopic (exact) mass is 610 g/mol. The topological polar surface area (TPSA) is 178 Å². The molecule has 2 aromatic carbocycles. The second-order valence-corrected chi connectivity index (χ2v) is 11.2. The fourth-order valence-electron chi connectivity index (χ4n) is 5.97.